The minimum Gasteiger partial charge on any atom is -0.468 e. The van der Waals surface area contributed by atoms with Crippen LogP contribution in [-0.2, 0) is 21.4 Å². The first-order valence-electron chi connectivity index (χ1n) is 9.04. The Bertz CT molecular complexity index is 771. The third-order valence-corrected chi connectivity index (χ3v) is 6.33. The third kappa shape index (κ3) is 6.33. The van der Waals surface area contributed by atoms with Crippen molar-refractivity contribution in [1.29, 1.82) is 0 Å². The molecule has 28 heavy (non-hydrogen) atoms. The topological polar surface area (TPSA) is 88.6 Å². The van der Waals surface area contributed by atoms with Gasteiger partial charge in [-0.05, 0) is 25.3 Å². The summed E-state index contributed by atoms with van der Waals surface area (Å²) in [6, 6.07) is 2.19. The van der Waals surface area contributed by atoms with Crippen molar-refractivity contribution >= 4 is 15.9 Å². The van der Waals surface area contributed by atoms with Crippen molar-refractivity contribution in [2.24, 2.45) is 0 Å². The van der Waals surface area contributed by atoms with E-state index in [1.165, 1.54) is 22.6 Å². The van der Waals surface area contributed by atoms with Gasteiger partial charge in [-0.15, -0.1) is 0 Å². The number of pyridine rings is 1. The van der Waals surface area contributed by atoms with Gasteiger partial charge in [0, 0.05) is 24.8 Å². The molecule has 1 N–H and O–H groups in total. The van der Waals surface area contributed by atoms with E-state index in [0.29, 0.717) is 19.3 Å². The predicted octanol–water partition coefficient (Wildman–Crippen LogP) is 2.23. The van der Waals surface area contributed by atoms with E-state index < -0.39 is 34.8 Å². The summed E-state index contributed by atoms with van der Waals surface area (Å²) in [5.74, 6) is -0.737. The highest BCUT2D eigenvalue weighted by Gasteiger charge is 2.36. The lowest BCUT2D eigenvalue weighted by Crippen LogP contribution is -2.52. The molecule has 1 atom stereocenters. The molecule has 0 aliphatic carbocycles. The van der Waals surface area contributed by atoms with E-state index in [2.05, 4.69) is 10.3 Å². The standard InChI is InChI=1S/C17H24F3N3O4S/c1-2-10-28(25,26)23-9-4-3-7-14(23)15(24)22-11-13-6-5-8-21-16(13)27-12-17(18,19)20/h5-6,8,14H,2-4,7,9-12H2,1H3,(H,22,24). The van der Waals surface area contributed by atoms with Crippen LogP contribution in [-0.4, -0.2) is 54.7 Å². The number of sulfonamides is 1. The van der Waals surface area contributed by atoms with E-state index in [0.717, 1.165) is 6.42 Å². The zero-order valence-electron chi connectivity index (χ0n) is 15.5. The van der Waals surface area contributed by atoms with Crippen molar-refractivity contribution in [3.05, 3.63) is 23.9 Å². The first-order valence-corrected chi connectivity index (χ1v) is 10.7. The summed E-state index contributed by atoms with van der Waals surface area (Å²) in [6.45, 7) is 0.434. The van der Waals surface area contributed by atoms with Crippen LogP contribution in [0.3, 0.4) is 0 Å². The first kappa shape index (κ1) is 22.4. The van der Waals surface area contributed by atoms with Gasteiger partial charge in [0.25, 0.3) is 0 Å². The predicted molar refractivity (Wildman–Crippen MR) is 96.1 cm³/mol. The normalized spacial score (nSPS) is 18.6. The van der Waals surface area contributed by atoms with Crippen molar-refractivity contribution in [3.8, 4) is 5.88 Å². The third-order valence-electron chi connectivity index (χ3n) is 4.25. The highest BCUT2D eigenvalue weighted by molar-refractivity contribution is 7.89. The highest BCUT2D eigenvalue weighted by Crippen LogP contribution is 2.23. The van der Waals surface area contributed by atoms with E-state index in [9.17, 15) is 26.4 Å². The molecule has 0 saturated carbocycles. The van der Waals surface area contributed by atoms with Crippen LogP contribution >= 0.6 is 0 Å². The number of ether oxygens (including phenoxy) is 1. The highest BCUT2D eigenvalue weighted by atomic mass is 32.2. The molecule has 0 radical (unpaired) electrons. The average molecular weight is 423 g/mol. The van der Waals surface area contributed by atoms with Crippen molar-refractivity contribution in [2.45, 2.75) is 51.4 Å². The number of hydrogen-bond acceptors (Lipinski definition) is 5. The molecule has 1 unspecified atom stereocenters. The summed E-state index contributed by atoms with van der Waals surface area (Å²) in [5.41, 5.74) is 0.277. The monoisotopic (exact) mass is 423 g/mol. The number of amides is 1. The Balaban J connectivity index is 2.05. The van der Waals surface area contributed by atoms with Gasteiger partial charge in [-0.2, -0.15) is 17.5 Å². The number of carbonyl (C=O) groups excluding carboxylic acids is 1. The summed E-state index contributed by atoms with van der Waals surface area (Å²) >= 11 is 0. The van der Waals surface area contributed by atoms with Crippen LogP contribution in [0.15, 0.2) is 18.3 Å². The number of piperidine rings is 1. The summed E-state index contributed by atoms with van der Waals surface area (Å²) in [4.78, 5) is 16.4. The number of carbonyl (C=O) groups is 1. The number of halogens is 3. The van der Waals surface area contributed by atoms with E-state index in [1.54, 1.807) is 6.92 Å². The molecule has 1 aromatic heterocycles. The molecule has 158 valence electrons. The van der Waals surface area contributed by atoms with Crippen molar-refractivity contribution < 1.29 is 31.1 Å². The van der Waals surface area contributed by atoms with Crippen molar-refractivity contribution in [3.63, 3.8) is 0 Å². The van der Waals surface area contributed by atoms with Crippen LogP contribution in [0.4, 0.5) is 13.2 Å². The van der Waals surface area contributed by atoms with Crippen LogP contribution < -0.4 is 10.1 Å². The number of aromatic nitrogens is 1. The van der Waals surface area contributed by atoms with E-state index >= 15 is 0 Å². The quantitative estimate of drug-likeness (QED) is 0.693. The number of nitrogens with one attached hydrogen (secondary N) is 1. The maximum Gasteiger partial charge on any atom is 0.422 e. The van der Waals surface area contributed by atoms with Gasteiger partial charge >= 0.3 is 6.18 Å². The molecule has 0 aromatic carbocycles. The molecule has 1 aliphatic heterocycles. The second kappa shape index (κ2) is 9.55. The van der Waals surface area contributed by atoms with E-state index in [1.807, 2.05) is 0 Å². The van der Waals surface area contributed by atoms with Gasteiger partial charge in [-0.1, -0.05) is 19.4 Å². The maximum absolute atomic E-state index is 12.6. The Morgan fingerprint density at radius 2 is 2.14 bits per heavy atom. The van der Waals surface area contributed by atoms with Crippen LogP contribution in [0.25, 0.3) is 0 Å². The van der Waals surface area contributed by atoms with Gasteiger partial charge in [0.05, 0.1) is 5.75 Å². The molecular formula is C17H24F3N3O4S. The van der Waals surface area contributed by atoms with Crippen LogP contribution in [0.2, 0.25) is 0 Å². The minimum absolute atomic E-state index is 0.0329. The van der Waals surface area contributed by atoms with Crippen molar-refractivity contribution in [1.82, 2.24) is 14.6 Å². The zero-order chi connectivity index (χ0) is 20.8. The fourth-order valence-electron chi connectivity index (χ4n) is 3.01. The molecule has 1 fully saturated rings. The smallest absolute Gasteiger partial charge is 0.422 e. The molecule has 1 aromatic rings. The number of rotatable bonds is 8. The molecule has 1 aliphatic rings. The van der Waals surface area contributed by atoms with E-state index in [-0.39, 0.29) is 30.3 Å². The fourth-order valence-corrected chi connectivity index (χ4v) is 4.76. The summed E-state index contributed by atoms with van der Waals surface area (Å²) in [5, 5.41) is 2.60. The molecule has 11 heteroatoms. The van der Waals surface area contributed by atoms with Gasteiger partial charge in [0.2, 0.25) is 21.8 Å². The number of alkyl halides is 3. The Labute approximate surface area is 162 Å². The lowest BCUT2D eigenvalue weighted by atomic mass is 10.0. The summed E-state index contributed by atoms with van der Waals surface area (Å²) in [7, 11) is -3.53. The van der Waals surface area contributed by atoms with Gasteiger partial charge < -0.3 is 10.1 Å². The van der Waals surface area contributed by atoms with Crippen molar-refractivity contribution in [2.75, 3.05) is 18.9 Å². The summed E-state index contributed by atoms with van der Waals surface area (Å²) in [6.07, 6.45) is -0.957. The Kier molecular flexibility index (Phi) is 7.64. The first-order chi connectivity index (χ1) is 13.1. The van der Waals surface area contributed by atoms with Crippen LogP contribution in [0.5, 0.6) is 5.88 Å². The van der Waals surface area contributed by atoms with Gasteiger partial charge in [0.1, 0.15) is 6.04 Å². The lowest BCUT2D eigenvalue weighted by Gasteiger charge is -2.33. The second-order valence-electron chi connectivity index (χ2n) is 6.53. The second-order valence-corrected chi connectivity index (χ2v) is 8.57. The average Bonchev–Trinajstić information content (AvgIpc) is 2.64. The number of hydrogen-bond donors (Lipinski definition) is 1. The van der Waals surface area contributed by atoms with Gasteiger partial charge in [0.15, 0.2) is 6.61 Å². The zero-order valence-corrected chi connectivity index (χ0v) is 16.4. The molecule has 2 rings (SSSR count). The molecule has 7 nitrogen and oxygen atoms in total. The maximum atomic E-state index is 12.6. The largest absolute Gasteiger partial charge is 0.468 e. The summed E-state index contributed by atoms with van der Waals surface area (Å²) < 4.78 is 67.9. The molecule has 0 bridgehead atoms. The molecule has 1 saturated heterocycles. The Hall–Kier alpha value is -1.88. The van der Waals surface area contributed by atoms with Crippen LogP contribution in [0.1, 0.15) is 38.2 Å². The Morgan fingerprint density at radius 1 is 1.39 bits per heavy atom. The van der Waals surface area contributed by atoms with Gasteiger partial charge in [-0.3, -0.25) is 4.79 Å². The molecule has 2 heterocycles. The minimum atomic E-state index is -4.51. The molecule has 0 spiro atoms. The molecule has 1 amide bonds. The lowest BCUT2D eigenvalue weighted by molar-refractivity contribution is -0.154. The van der Waals surface area contributed by atoms with Crippen LogP contribution in [0, 0.1) is 0 Å². The van der Waals surface area contributed by atoms with E-state index in [4.69, 9.17) is 4.74 Å². The SMILES string of the molecule is CCCS(=O)(=O)N1CCCCC1C(=O)NCc1cccnc1OCC(F)(F)F. The number of nitrogens with zero attached hydrogens (tertiary/aromatic N) is 2. The molecular weight excluding hydrogens is 399 g/mol. The Morgan fingerprint density at radius 3 is 2.82 bits per heavy atom. The fraction of sp³-hybridized carbons (Fsp3) is 0.647. The van der Waals surface area contributed by atoms with Gasteiger partial charge in [-0.25, -0.2) is 13.4 Å².